The minimum Gasteiger partial charge on any atom is -0.494 e. The summed E-state index contributed by atoms with van der Waals surface area (Å²) in [6, 6.07) is 12.9. The Morgan fingerprint density at radius 2 is 1.71 bits per heavy atom. The lowest BCUT2D eigenvalue weighted by Crippen LogP contribution is -2.43. The van der Waals surface area contributed by atoms with Gasteiger partial charge in [0.25, 0.3) is 5.91 Å². The summed E-state index contributed by atoms with van der Waals surface area (Å²) < 4.78 is 60.7. The van der Waals surface area contributed by atoms with Crippen LogP contribution in [0, 0.1) is 17.1 Å². The van der Waals surface area contributed by atoms with E-state index in [0.717, 1.165) is 42.0 Å². The third kappa shape index (κ3) is 5.84. The molecule has 0 spiro atoms. The molecule has 1 aliphatic rings. The third-order valence-electron chi connectivity index (χ3n) is 7.04. The van der Waals surface area contributed by atoms with Crippen LogP contribution in [0.15, 0.2) is 60.7 Å². The second-order valence-corrected chi connectivity index (χ2v) is 10.3. The van der Waals surface area contributed by atoms with Gasteiger partial charge in [-0.05, 0) is 80.4 Å². The maximum absolute atomic E-state index is 14.3. The summed E-state index contributed by atoms with van der Waals surface area (Å²) in [5.74, 6) is -1.46. The summed E-state index contributed by atoms with van der Waals surface area (Å²) in [6.07, 6.45) is -3.07. The van der Waals surface area contributed by atoms with Crippen LogP contribution < -0.4 is 9.64 Å². The number of carbonyl (C=O) groups is 3. The predicted octanol–water partition coefficient (Wildman–Crippen LogP) is 6.87. The van der Waals surface area contributed by atoms with Gasteiger partial charge in [-0.25, -0.2) is 14.1 Å². The second kappa shape index (κ2) is 11.6. The summed E-state index contributed by atoms with van der Waals surface area (Å²) in [7, 11) is 0. The topological polar surface area (TPSA) is 90.7 Å². The van der Waals surface area contributed by atoms with Crippen LogP contribution in [0.2, 0.25) is 0 Å². The lowest BCUT2D eigenvalue weighted by Gasteiger charge is -2.28. The third-order valence-corrected chi connectivity index (χ3v) is 7.04. The Balaban J connectivity index is 1.66. The molecule has 42 heavy (non-hydrogen) atoms. The van der Waals surface area contributed by atoms with Crippen molar-refractivity contribution < 1.29 is 36.7 Å². The second-order valence-electron chi connectivity index (χ2n) is 10.3. The van der Waals surface area contributed by atoms with E-state index in [-0.39, 0.29) is 28.9 Å². The van der Waals surface area contributed by atoms with Crippen molar-refractivity contribution in [1.82, 2.24) is 4.90 Å². The fraction of sp³-hybridized carbons (Fsp3) is 0.290. The molecule has 3 aromatic carbocycles. The SMILES string of the molecule is CCCCOc1ccc(C(=O)c2cc(F)ccc2CN2C(=O)N(c3ccc(C#N)c(C(F)(F)F)c3)C(=O)C2(C)C)cc1. The van der Waals surface area contributed by atoms with Crippen LogP contribution in [0.1, 0.15) is 66.2 Å². The lowest BCUT2D eigenvalue weighted by atomic mass is 9.96. The van der Waals surface area contributed by atoms with Gasteiger partial charge in [0.1, 0.15) is 17.1 Å². The summed E-state index contributed by atoms with van der Waals surface area (Å²) >= 11 is 0. The largest absolute Gasteiger partial charge is 0.494 e. The number of hydrogen-bond acceptors (Lipinski definition) is 5. The smallest absolute Gasteiger partial charge is 0.417 e. The van der Waals surface area contributed by atoms with E-state index in [2.05, 4.69) is 0 Å². The van der Waals surface area contributed by atoms with Crippen molar-refractivity contribution in [2.45, 2.75) is 51.9 Å². The summed E-state index contributed by atoms with van der Waals surface area (Å²) in [5, 5.41) is 9.09. The highest BCUT2D eigenvalue weighted by atomic mass is 19.4. The number of amides is 3. The average Bonchev–Trinajstić information content (AvgIpc) is 3.12. The number of anilines is 1. The van der Waals surface area contributed by atoms with E-state index in [1.54, 1.807) is 12.1 Å². The highest BCUT2D eigenvalue weighted by Crippen LogP contribution is 2.38. The summed E-state index contributed by atoms with van der Waals surface area (Å²) in [5.41, 5.74) is -3.40. The molecule has 4 rings (SSSR count). The van der Waals surface area contributed by atoms with Crippen LogP contribution in [0.4, 0.5) is 28.0 Å². The highest BCUT2D eigenvalue weighted by Gasteiger charge is 2.52. The maximum Gasteiger partial charge on any atom is 0.417 e. The molecule has 0 bridgehead atoms. The normalized spacial score (nSPS) is 14.7. The maximum atomic E-state index is 14.3. The number of hydrogen-bond donors (Lipinski definition) is 0. The average molecular weight is 582 g/mol. The number of urea groups is 1. The zero-order valence-electron chi connectivity index (χ0n) is 23.1. The van der Waals surface area contributed by atoms with Crippen molar-refractivity contribution in [2.75, 3.05) is 11.5 Å². The molecule has 0 aromatic heterocycles. The molecule has 11 heteroatoms. The molecule has 0 N–H and O–H groups in total. The molecule has 0 aliphatic carbocycles. The molecule has 218 valence electrons. The van der Waals surface area contributed by atoms with Gasteiger partial charge >= 0.3 is 12.2 Å². The monoisotopic (exact) mass is 581 g/mol. The van der Waals surface area contributed by atoms with Crippen LogP contribution in [-0.2, 0) is 17.5 Å². The Hall–Kier alpha value is -4.72. The van der Waals surface area contributed by atoms with E-state index >= 15 is 0 Å². The fourth-order valence-corrected chi connectivity index (χ4v) is 4.59. The number of rotatable bonds is 9. The molecule has 0 radical (unpaired) electrons. The Morgan fingerprint density at radius 1 is 1.02 bits per heavy atom. The van der Waals surface area contributed by atoms with Gasteiger partial charge in [0, 0.05) is 17.7 Å². The summed E-state index contributed by atoms with van der Waals surface area (Å²) in [4.78, 5) is 42.0. The van der Waals surface area contributed by atoms with Gasteiger partial charge in [-0.15, -0.1) is 0 Å². The number of unbranched alkanes of at least 4 members (excludes halogenated alkanes) is 1. The first kappa shape index (κ1) is 30.2. The van der Waals surface area contributed by atoms with Crippen LogP contribution in [-0.4, -0.2) is 34.8 Å². The number of halogens is 4. The van der Waals surface area contributed by atoms with Crippen LogP contribution in [0.5, 0.6) is 5.75 Å². The zero-order valence-corrected chi connectivity index (χ0v) is 23.1. The van der Waals surface area contributed by atoms with E-state index in [9.17, 15) is 31.9 Å². The van der Waals surface area contributed by atoms with Crippen molar-refractivity contribution in [3.05, 3.63) is 94.3 Å². The molecule has 0 unspecified atom stereocenters. The highest BCUT2D eigenvalue weighted by molar-refractivity contribution is 6.23. The van der Waals surface area contributed by atoms with Crippen LogP contribution in [0.25, 0.3) is 0 Å². The van der Waals surface area contributed by atoms with Crippen molar-refractivity contribution >= 4 is 23.4 Å². The van der Waals surface area contributed by atoms with Gasteiger partial charge in [-0.2, -0.15) is 18.4 Å². The van der Waals surface area contributed by atoms with Crippen LogP contribution in [0.3, 0.4) is 0 Å². The molecule has 3 aromatic rings. The van der Waals surface area contributed by atoms with Gasteiger partial charge in [0.15, 0.2) is 5.78 Å². The molecule has 1 aliphatic heterocycles. The number of ether oxygens (including phenoxy) is 1. The first-order valence-corrected chi connectivity index (χ1v) is 13.1. The molecule has 7 nitrogen and oxygen atoms in total. The van der Waals surface area contributed by atoms with Crippen molar-refractivity contribution in [2.24, 2.45) is 0 Å². The standard InChI is InChI=1S/C31H27F4N3O4/c1-4-5-14-42-24-12-8-19(9-13-24)27(39)25-15-22(32)10-6-21(25)18-37-29(41)38(28(40)30(37,2)3)23-11-7-20(17-36)26(16-23)31(33,34)35/h6-13,15-16H,4-5,14,18H2,1-3H3. The number of benzene rings is 3. The quantitative estimate of drug-likeness (QED) is 0.119. The molecule has 1 fully saturated rings. The van der Waals surface area contributed by atoms with E-state index < -0.39 is 46.4 Å². The Kier molecular flexibility index (Phi) is 8.38. The molecule has 1 saturated heterocycles. The molecule has 0 atom stereocenters. The molecule has 0 saturated carbocycles. The number of ketones is 1. The van der Waals surface area contributed by atoms with Gasteiger partial charge in [-0.1, -0.05) is 19.4 Å². The van der Waals surface area contributed by atoms with Gasteiger partial charge < -0.3 is 9.64 Å². The van der Waals surface area contributed by atoms with Gasteiger partial charge in [-0.3, -0.25) is 9.59 Å². The molecular weight excluding hydrogens is 554 g/mol. The first-order valence-electron chi connectivity index (χ1n) is 13.1. The minimum absolute atomic E-state index is 0.0399. The zero-order chi connectivity index (χ0) is 30.8. The van der Waals surface area contributed by atoms with Gasteiger partial charge in [0.05, 0.1) is 29.5 Å². The van der Waals surface area contributed by atoms with Gasteiger partial charge in [0.2, 0.25) is 0 Å². The Morgan fingerprint density at radius 3 is 2.33 bits per heavy atom. The number of carbonyl (C=O) groups excluding carboxylic acids is 3. The summed E-state index contributed by atoms with van der Waals surface area (Å²) in [6.45, 7) is 5.08. The fourth-order valence-electron chi connectivity index (χ4n) is 4.59. The van der Waals surface area contributed by atoms with E-state index in [4.69, 9.17) is 10.00 Å². The minimum atomic E-state index is -4.90. The predicted molar refractivity (Wildman–Crippen MR) is 145 cm³/mol. The van der Waals surface area contributed by atoms with Crippen molar-refractivity contribution in [3.8, 4) is 11.8 Å². The van der Waals surface area contributed by atoms with E-state index in [1.165, 1.54) is 38.1 Å². The number of nitriles is 1. The number of nitrogens with zero attached hydrogens (tertiary/aromatic N) is 3. The molecule has 1 heterocycles. The van der Waals surface area contributed by atoms with E-state index in [1.807, 2.05) is 6.92 Å². The molecular formula is C31H27F4N3O4. The first-order chi connectivity index (χ1) is 19.8. The Labute approximate surface area is 239 Å². The van der Waals surface area contributed by atoms with E-state index in [0.29, 0.717) is 23.3 Å². The van der Waals surface area contributed by atoms with Crippen molar-refractivity contribution in [1.29, 1.82) is 5.26 Å². The number of imide groups is 1. The van der Waals surface area contributed by atoms with Crippen molar-refractivity contribution in [3.63, 3.8) is 0 Å². The number of alkyl halides is 3. The molecule has 3 amide bonds. The van der Waals surface area contributed by atoms with Crippen LogP contribution >= 0.6 is 0 Å². The Bertz CT molecular complexity index is 1580. The lowest BCUT2D eigenvalue weighted by molar-refractivity contribution is -0.137.